The molecule has 0 aromatic heterocycles. The van der Waals surface area contributed by atoms with Crippen LogP contribution in [0.15, 0.2) is 54.6 Å². The fourth-order valence-electron chi connectivity index (χ4n) is 1.85. The van der Waals surface area contributed by atoms with Gasteiger partial charge in [0.2, 0.25) is 6.54 Å². The van der Waals surface area contributed by atoms with Gasteiger partial charge < -0.3 is 4.74 Å². The molecule has 0 saturated carbocycles. The van der Waals surface area contributed by atoms with Crippen LogP contribution in [0.5, 0.6) is 5.75 Å². The molecule has 0 fully saturated rings. The summed E-state index contributed by atoms with van der Waals surface area (Å²) in [5.74, 6) is 0.326. The van der Waals surface area contributed by atoms with Crippen LogP contribution in [0.1, 0.15) is 15.9 Å². The zero-order valence-corrected chi connectivity index (χ0v) is 13.2. The van der Waals surface area contributed by atoms with Gasteiger partial charge in [0.25, 0.3) is 0 Å². The third-order valence-electron chi connectivity index (χ3n) is 2.98. The first-order valence-electron chi connectivity index (χ1n) is 6.63. The number of ketones is 1. The van der Waals surface area contributed by atoms with Crippen molar-refractivity contribution in [1.29, 1.82) is 0 Å². The van der Waals surface area contributed by atoms with Gasteiger partial charge >= 0.3 is 0 Å². The normalized spacial score (nSPS) is 11.7. The monoisotopic (exact) mass is 363 g/mol. The average Bonchev–Trinajstić information content (AvgIpc) is 2.53. The Hall–Kier alpha value is -2.21. The molecule has 22 heavy (non-hydrogen) atoms. The van der Waals surface area contributed by atoms with Crippen molar-refractivity contribution in [2.75, 3.05) is 6.54 Å². The van der Waals surface area contributed by atoms with Crippen molar-refractivity contribution < 1.29 is 14.5 Å². The Kier molecular flexibility index (Phi) is 5.66. The number of carbonyl (C=O) groups is 1. The van der Waals surface area contributed by atoms with Gasteiger partial charge in [0.05, 0.1) is 0 Å². The Morgan fingerprint density at radius 3 is 2.36 bits per heavy atom. The molecular weight excluding hydrogens is 350 g/mol. The van der Waals surface area contributed by atoms with Crippen molar-refractivity contribution in [3.8, 4) is 5.75 Å². The van der Waals surface area contributed by atoms with Gasteiger partial charge in [0.15, 0.2) is 5.78 Å². The summed E-state index contributed by atoms with van der Waals surface area (Å²) in [6.07, 6.45) is 0. The van der Waals surface area contributed by atoms with Crippen LogP contribution in [0.4, 0.5) is 0 Å². The summed E-state index contributed by atoms with van der Waals surface area (Å²) in [6.45, 7) is 0.00161. The van der Waals surface area contributed by atoms with Crippen molar-refractivity contribution in [2.45, 2.75) is 11.4 Å². The van der Waals surface area contributed by atoms with Crippen LogP contribution in [0, 0.1) is 10.1 Å². The van der Waals surface area contributed by atoms with E-state index in [4.69, 9.17) is 4.74 Å². The lowest BCUT2D eigenvalue weighted by molar-refractivity contribution is -0.476. The summed E-state index contributed by atoms with van der Waals surface area (Å²) >= 11 is 3.04. The lowest BCUT2D eigenvalue weighted by Crippen LogP contribution is -2.23. The first-order chi connectivity index (χ1) is 10.6. The van der Waals surface area contributed by atoms with E-state index in [2.05, 4.69) is 15.9 Å². The predicted molar refractivity (Wildman–Crippen MR) is 86.1 cm³/mol. The smallest absolute Gasteiger partial charge is 0.223 e. The molecule has 0 aliphatic carbocycles. The number of nitrogens with zero attached hydrogens (tertiary/aromatic N) is 1. The molecule has 2 aromatic carbocycles. The van der Waals surface area contributed by atoms with Gasteiger partial charge in [-0.3, -0.25) is 14.9 Å². The highest BCUT2D eigenvalue weighted by molar-refractivity contribution is 9.10. The zero-order chi connectivity index (χ0) is 15.9. The first kappa shape index (κ1) is 16.2. The standard InChI is InChI=1S/C16H14BrNO4/c17-15(10-18(20)21)16(19)13-6-8-14(9-7-13)22-11-12-4-2-1-3-5-12/h1-9,15H,10-11H2. The van der Waals surface area contributed by atoms with Gasteiger partial charge in [-0.05, 0) is 29.8 Å². The highest BCUT2D eigenvalue weighted by Crippen LogP contribution is 2.17. The summed E-state index contributed by atoms with van der Waals surface area (Å²) in [5.41, 5.74) is 1.46. The number of nitro groups is 1. The van der Waals surface area contributed by atoms with E-state index in [-0.39, 0.29) is 5.78 Å². The van der Waals surface area contributed by atoms with Crippen molar-refractivity contribution in [3.05, 3.63) is 75.8 Å². The fourth-order valence-corrected chi connectivity index (χ4v) is 2.35. The quantitative estimate of drug-likeness (QED) is 0.326. The predicted octanol–water partition coefficient (Wildman–Crippen LogP) is 3.49. The molecule has 6 heteroatoms. The maximum Gasteiger partial charge on any atom is 0.223 e. The van der Waals surface area contributed by atoms with Crippen molar-refractivity contribution in [3.63, 3.8) is 0 Å². The second-order valence-corrected chi connectivity index (χ2v) is 5.75. The molecule has 1 atom stereocenters. The highest BCUT2D eigenvalue weighted by atomic mass is 79.9. The van der Waals surface area contributed by atoms with Crippen LogP contribution in [0.25, 0.3) is 0 Å². The van der Waals surface area contributed by atoms with Crippen molar-refractivity contribution in [1.82, 2.24) is 0 Å². The third kappa shape index (κ3) is 4.66. The number of carbonyl (C=O) groups excluding carboxylic acids is 1. The van der Waals surface area contributed by atoms with Crippen LogP contribution in [0.2, 0.25) is 0 Å². The van der Waals surface area contributed by atoms with Crippen LogP contribution >= 0.6 is 15.9 Å². The Balaban J connectivity index is 1.95. The maximum absolute atomic E-state index is 12.0. The number of hydrogen-bond acceptors (Lipinski definition) is 4. The molecule has 0 N–H and O–H groups in total. The molecule has 0 saturated heterocycles. The first-order valence-corrected chi connectivity index (χ1v) is 7.54. The van der Waals surface area contributed by atoms with Crippen LogP contribution in [-0.4, -0.2) is 22.1 Å². The summed E-state index contributed by atoms with van der Waals surface area (Å²) in [4.78, 5) is 21.1. The molecule has 0 bridgehead atoms. The van der Waals surface area contributed by atoms with Gasteiger partial charge in [0, 0.05) is 10.5 Å². The van der Waals surface area contributed by atoms with Gasteiger partial charge in [-0.25, -0.2) is 0 Å². The van der Waals surface area contributed by atoms with Gasteiger partial charge in [-0.1, -0.05) is 46.3 Å². The summed E-state index contributed by atoms with van der Waals surface area (Å²) in [5, 5.41) is 10.4. The minimum Gasteiger partial charge on any atom is -0.489 e. The van der Waals surface area contributed by atoms with Crippen molar-refractivity contribution in [2.24, 2.45) is 0 Å². The number of ether oxygens (including phenoxy) is 1. The summed E-state index contributed by atoms with van der Waals surface area (Å²) < 4.78 is 5.62. The number of alkyl halides is 1. The number of hydrogen-bond donors (Lipinski definition) is 0. The minimum absolute atomic E-state index is 0.314. The van der Waals surface area contributed by atoms with E-state index in [1.165, 1.54) is 0 Å². The molecule has 0 aliphatic rings. The van der Waals surface area contributed by atoms with Crippen LogP contribution in [-0.2, 0) is 6.61 Å². The molecule has 1 unspecified atom stereocenters. The van der Waals surface area contributed by atoms with Crippen LogP contribution in [0.3, 0.4) is 0 Å². The topological polar surface area (TPSA) is 69.4 Å². The number of benzene rings is 2. The average molecular weight is 364 g/mol. The van der Waals surface area contributed by atoms with Gasteiger partial charge in [0.1, 0.15) is 17.2 Å². The van der Waals surface area contributed by atoms with E-state index >= 15 is 0 Å². The summed E-state index contributed by atoms with van der Waals surface area (Å²) in [6, 6.07) is 16.3. The van der Waals surface area contributed by atoms with E-state index < -0.39 is 16.3 Å². The van der Waals surface area contributed by atoms with E-state index in [0.717, 1.165) is 5.56 Å². The number of rotatable bonds is 7. The molecule has 2 rings (SSSR count). The number of halogens is 1. The number of Topliss-reactive ketones (excluding diaryl/α,β-unsaturated/α-hetero) is 1. The lowest BCUT2D eigenvalue weighted by Gasteiger charge is -2.08. The van der Waals surface area contributed by atoms with E-state index in [1.54, 1.807) is 24.3 Å². The second-order valence-electron chi connectivity index (χ2n) is 4.65. The van der Waals surface area contributed by atoms with E-state index in [9.17, 15) is 14.9 Å². The second kappa shape index (κ2) is 7.70. The third-order valence-corrected chi connectivity index (χ3v) is 3.69. The summed E-state index contributed by atoms with van der Waals surface area (Å²) in [7, 11) is 0. The molecular formula is C16H14BrNO4. The molecule has 0 spiro atoms. The van der Waals surface area contributed by atoms with E-state index in [1.807, 2.05) is 30.3 Å². The Morgan fingerprint density at radius 2 is 1.77 bits per heavy atom. The van der Waals surface area contributed by atoms with Gasteiger partial charge in [-0.2, -0.15) is 0 Å². The molecule has 0 heterocycles. The maximum atomic E-state index is 12.0. The molecule has 0 aliphatic heterocycles. The lowest BCUT2D eigenvalue weighted by atomic mass is 10.1. The molecule has 114 valence electrons. The zero-order valence-electron chi connectivity index (χ0n) is 11.6. The molecule has 5 nitrogen and oxygen atoms in total. The Morgan fingerprint density at radius 1 is 1.14 bits per heavy atom. The van der Waals surface area contributed by atoms with Crippen LogP contribution < -0.4 is 4.74 Å². The highest BCUT2D eigenvalue weighted by Gasteiger charge is 2.21. The Labute approximate surface area is 136 Å². The van der Waals surface area contributed by atoms with E-state index in [0.29, 0.717) is 17.9 Å². The minimum atomic E-state index is -0.821. The largest absolute Gasteiger partial charge is 0.489 e. The Bertz CT molecular complexity index is 643. The fraction of sp³-hybridized carbons (Fsp3) is 0.188. The molecule has 0 radical (unpaired) electrons. The molecule has 0 amide bonds. The van der Waals surface area contributed by atoms with Crippen molar-refractivity contribution >= 4 is 21.7 Å². The molecule has 2 aromatic rings. The SMILES string of the molecule is O=C(c1ccc(OCc2ccccc2)cc1)C(Br)C[N+](=O)[O-]. The van der Waals surface area contributed by atoms with Gasteiger partial charge in [-0.15, -0.1) is 0 Å².